The molecule has 8 heteroatoms. The lowest BCUT2D eigenvalue weighted by molar-refractivity contribution is -0.119. The first-order valence-electron chi connectivity index (χ1n) is 9.72. The Labute approximate surface area is 168 Å². The molecule has 3 amide bonds. The van der Waals surface area contributed by atoms with Crippen molar-refractivity contribution < 1.29 is 23.5 Å². The van der Waals surface area contributed by atoms with Gasteiger partial charge in [0.25, 0.3) is 5.91 Å². The topological polar surface area (TPSA) is 92.1 Å². The molecule has 8 nitrogen and oxygen atoms in total. The van der Waals surface area contributed by atoms with Crippen LogP contribution in [0.15, 0.2) is 41.0 Å². The lowest BCUT2D eigenvalue weighted by Gasteiger charge is -2.24. The van der Waals surface area contributed by atoms with Gasteiger partial charge in [-0.15, -0.1) is 0 Å². The van der Waals surface area contributed by atoms with Gasteiger partial charge in [-0.05, 0) is 49.6 Å². The fourth-order valence-corrected chi connectivity index (χ4v) is 3.93. The van der Waals surface area contributed by atoms with Crippen LogP contribution in [0.5, 0.6) is 5.75 Å². The van der Waals surface area contributed by atoms with Crippen molar-refractivity contribution in [3.05, 3.63) is 42.4 Å². The summed E-state index contributed by atoms with van der Waals surface area (Å²) in [5.74, 6) is 0.299. The molecule has 1 atom stereocenters. The predicted molar refractivity (Wildman–Crippen MR) is 106 cm³/mol. The van der Waals surface area contributed by atoms with E-state index in [9.17, 15) is 14.4 Å². The summed E-state index contributed by atoms with van der Waals surface area (Å²) in [6, 6.07) is 7.89. The second-order valence-corrected chi connectivity index (χ2v) is 7.16. The average molecular weight is 397 g/mol. The molecular weight excluding hydrogens is 374 g/mol. The molecule has 0 saturated carbocycles. The minimum Gasteiger partial charge on any atom is -0.495 e. The van der Waals surface area contributed by atoms with Gasteiger partial charge in [-0.2, -0.15) is 0 Å². The molecule has 0 radical (unpaired) electrons. The van der Waals surface area contributed by atoms with Crippen molar-refractivity contribution in [1.82, 2.24) is 4.90 Å². The number of anilines is 2. The zero-order chi connectivity index (χ0) is 20.4. The van der Waals surface area contributed by atoms with Crippen LogP contribution in [0.2, 0.25) is 0 Å². The summed E-state index contributed by atoms with van der Waals surface area (Å²) in [5.41, 5.74) is 1.20. The first-order valence-corrected chi connectivity index (χ1v) is 9.72. The van der Waals surface area contributed by atoms with Crippen LogP contribution in [0.25, 0.3) is 0 Å². The SMILES string of the molecule is COc1ccc(NC(=O)C2CCCN2C(=O)c2ccco2)cc1N1CCCC1=O. The number of nitrogens with one attached hydrogen (secondary N) is 1. The molecule has 29 heavy (non-hydrogen) atoms. The Balaban J connectivity index is 1.52. The Morgan fingerprint density at radius 3 is 2.76 bits per heavy atom. The predicted octanol–water partition coefficient (Wildman–Crippen LogP) is 2.66. The van der Waals surface area contributed by atoms with Crippen LogP contribution < -0.4 is 15.0 Å². The van der Waals surface area contributed by atoms with Gasteiger partial charge in [0.05, 0.1) is 19.1 Å². The zero-order valence-corrected chi connectivity index (χ0v) is 16.2. The minimum absolute atomic E-state index is 0.0396. The highest BCUT2D eigenvalue weighted by molar-refractivity contribution is 6.02. The van der Waals surface area contributed by atoms with E-state index in [1.165, 1.54) is 6.26 Å². The molecule has 0 aliphatic carbocycles. The molecule has 1 unspecified atom stereocenters. The van der Waals surface area contributed by atoms with Crippen molar-refractivity contribution in [3.63, 3.8) is 0 Å². The van der Waals surface area contributed by atoms with Gasteiger partial charge in [0.2, 0.25) is 11.8 Å². The Kier molecular flexibility index (Phi) is 5.24. The Morgan fingerprint density at radius 2 is 2.07 bits per heavy atom. The van der Waals surface area contributed by atoms with E-state index in [0.29, 0.717) is 43.1 Å². The van der Waals surface area contributed by atoms with Crippen LogP contribution in [0.4, 0.5) is 11.4 Å². The molecular formula is C21H23N3O5. The molecule has 4 rings (SSSR count). The molecule has 0 bridgehead atoms. The average Bonchev–Trinajstić information content (AvgIpc) is 3.48. The number of nitrogens with zero attached hydrogens (tertiary/aromatic N) is 2. The number of methoxy groups -OCH3 is 1. The number of rotatable bonds is 5. The van der Waals surface area contributed by atoms with Gasteiger partial charge in [0.15, 0.2) is 5.76 Å². The third kappa shape index (κ3) is 3.70. The summed E-state index contributed by atoms with van der Waals surface area (Å²) in [4.78, 5) is 40.9. The molecule has 1 N–H and O–H groups in total. The molecule has 0 spiro atoms. The highest BCUT2D eigenvalue weighted by Crippen LogP contribution is 2.34. The van der Waals surface area contributed by atoms with E-state index in [1.807, 2.05) is 0 Å². The van der Waals surface area contributed by atoms with Crippen LogP contribution in [0, 0.1) is 0 Å². The van der Waals surface area contributed by atoms with Crippen LogP contribution in [0.1, 0.15) is 36.2 Å². The summed E-state index contributed by atoms with van der Waals surface area (Å²) >= 11 is 0. The van der Waals surface area contributed by atoms with E-state index in [0.717, 1.165) is 12.8 Å². The van der Waals surface area contributed by atoms with Gasteiger partial charge >= 0.3 is 0 Å². The Bertz CT molecular complexity index is 924. The van der Waals surface area contributed by atoms with E-state index in [1.54, 1.807) is 47.2 Å². The maximum atomic E-state index is 12.9. The number of amides is 3. The fourth-order valence-electron chi connectivity index (χ4n) is 3.93. The summed E-state index contributed by atoms with van der Waals surface area (Å²) in [6.07, 6.45) is 4.08. The molecule has 2 aliphatic rings. The monoisotopic (exact) mass is 397 g/mol. The van der Waals surface area contributed by atoms with E-state index in [-0.39, 0.29) is 23.5 Å². The quantitative estimate of drug-likeness (QED) is 0.837. The van der Waals surface area contributed by atoms with Crippen molar-refractivity contribution in [2.24, 2.45) is 0 Å². The summed E-state index contributed by atoms with van der Waals surface area (Å²) < 4.78 is 10.6. The third-order valence-electron chi connectivity index (χ3n) is 5.36. The highest BCUT2D eigenvalue weighted by Gasteiger charge is 2.35. The second kappa shape index (κ2) is 7.98. The van der Waals surface area contributed by atoms with Crippen molar-refractivity contribution in [2.45, 2.75) is 31.7 Å². The number of furan rings is 1. The van der Waals surface area contributed by atoms with Crippen LogP contribution in [-0.2, 0) is 9.59 Å². The van der Waals surface area contributed by atoms with Gasteiger partial charge in [-0.1, -0.05) is 0 Å². The van der Waals surface area contributed by atoms with Gasteiger partial charge in [-0.3, -0.25) is 14.4 Å². The largest absolute Gasteiger partial charge is 0.495 e. The second-order valence-electron chi connectivity index (χ2n) is 7.16. The molecule has 1 aromatic heterocycles. The zero-order valence-electron chi connectivity index (χ0n) is 16.2. The van der Waals surface area contributed by atoms with Crippen molar-refractivity contribution in [2.75, 3.05) is 30.4 Å². The number of ether oxygens (including phenoxy) is 1. The van der Waals surface area contributed by atoms with Gasteiger partial charge in [0, 0.05) is 25.2 Å². The number of carbonyl (C=O) groups is 3. The lowest BCUT2D eigenvalue weighted by Crippen LogP contribution is -2.43. The molecule has 2 aliphatic heterocycles. The number of benzene rings is 1. The first kappa shape index (κ1) is 19.0. The van der Waals surface area contributed by atoms with Gasteiger partial charge in [-0.25, -0.2) is 0 Å². The van der Waals surface area contributed by atoms with E-state index in [4.69, 9.17) is 9.15 Å². The van der Waals surface area contributed by atoms with Crippen LogP contribution >= 0.6 is 0 Å². The normalized spacial score (nSPS) is 18.9. The molecule has 152 valence electrons. The molecule has 2 aromatic rings. The third-order valence-corrected chi connectivity index (χ3v) is 5.36. The van der Waals surface area contributed by atoms with Crippen LogP contribution in [0.3, 0.4) is 0 Å². The van der Waals surface area contributed by atoms with Crippen molar-refractivity contribution >= 4 is 29.1 Å². The Morgan fingerprint density at radius 1 is 1.21 bits per heavy atom. The summed E-state index contributed by atoms with van der Waals surface area (Å²) in [5, 5.41) is 2.89. The number of carbonyl (C=O) groups excluding carboxylic acids is 3. The minimum atomic E-state index is -0.563. The smallest absolute Gasteiger partial charge is 0.290 e. The molecule has 3 heterocycles. The van der Waals surface area contributed by atoms with Crippen molar-refractivity contribution in [3.8, 4) is 5.75 Å². The molecule has 1 aromatic carbocycles. The Hall–Kier alpha value is -3.29. The maximum Gasteiger partial charge on any atom is 0.290 e. The molecule has 2 saturated heterocycles. The summed E-state index contributed by atoms with van der Waals surface area (Å²) in [6.45, 7) is 1.13. The van der Waals surface area contributed by atoms with E-state index in [2.05, 4.69) is 5.32 Å². The number of hydrogen-bond donors (Lipinski definition) is 1. The fraction of sp³-hybridized carbons (Fsp3) is 0.381. The van der Waals surface area contributed by atoms with Gasteiger partial charge < -0.3 is 24.3 Å². The summed E-state index contributed by atoms with van der Waals surface area (Å²) in [7, 11) is 1.55. The van der Waals surface area contributed by atoms with Gasteiger partial charge in [0.1, 0.15) is 11.8 Å². The number of hydrogen-bond acceptors (Lipinski definition) is 5. The van der Waals surface area contributed by atoms with Crippen molar-refractivity contribution in [1.29, 1.82) is 0 Å². The standard InChI is InChI=1S/C21H23N3O5/c1-28-17-9-8-14(13-16(17)23-10-3-7-19(23)25)22-20(26)15-5-2-11-24(15)21(27)18-6-4-12-29-18/h4,6,8-9,12-13,15H,2-3,5,7,10-11H2,1H3,(H,22,26). The molecule has 2 fully saturated rings. The highest BCUT2D eigenvalue weighted by atomic mass is 16.5. The van der Waals surface area contributed by atoms with E-state index >= 15 is 0 Å². The number of likely N-dealkylation sites (tertiary alicyclic amines) is 1. The first-order chi connectivity index (χ1) is 14.1. The van der Waals surface area contributed by atoms with Crippen LogP contribution in [-0.4, -0.2) is 48.9 Å². The van der Waals surface area contributed by atoms with E-state index < -0.39 is 6.04 Å². The maximum absolute atomic E-state index is 12.9. The lowest BCUT2D eigenvalue weighted by atomic mass is 10.1.